The van der Waals surface area contributed by atoms with Gasteiger partial charge in [0.25, 0.3) is 11.8 Å². The second-order valence-electron chi connectivity index (χ2n) is 6.42. The molecule has 1 heterocycles. The number of carbonyl (C=O) groups excluding carboxylic acids is 2. The molecule has 25 heavy (non-hydrogen) atoms. The average molecular weight is 336 g/mol. The number of anilines is 2. The Kier molecular flexibility index (Phi) is 4.88. The monoisotopic (exact) mass is 336 g/mol. The highest BCUT2D eigenvalue weighted by molar-refractivity contribution is 6.27. The third kappa shape index (κ3) is 3.04. The van der Waals surface area contributed by atoms with Crippen LogP contribution in [0.4, 0.5) is 11.4 Å². The Hall–Kier alpha value is -2.62. The summed E-state index contributed by atoms with van der Waals surface area (Å²) in [6.45, 7) is 6.67. The summed E-state index contributed by atoms with van der Waals surface area (Å²) in [6, 6.07) is 9.56. The predicted molar refractivity (Wildman–Crippen MR) is 103 cm³/mol. The van der Waals surface area contributed by atoms with Crippen LogP contribution in [-0.2, 0) is 4.79 Å². The lowest BCUT2D eigenvalue weighted by molar-refractivity contribution is -0.112. The number of amides is 2. The Morgan fingerprint density at radius 2 is 2.00 bits per heavy atom. The van der Waals surface area contributed by atoms with Crippen LogP contribution in [0.25, 0.3) is 10.8 Å². The standard InChI is InChI=1S/C21H24N2O2/c1-4-6-13-23-18-12-11-17(22-20(24)14(3)8-5-2)15-9-7-10-16(19(15)18)21(23)25/h7-12H,4-6,13H2,1-3H3,(H,22,24)/b14-8+. The summed E-state index contributed by atoms with van der Waals surface area (Å²) in [5, 5.41) is 4.85. The zero-order valence-electron chi connectivity index (χ0n) is 15.1. The zero-order chi connectivity index (χ0) is 18.0. The first kappa shape index (κ1) is 17.2. The summed E-state index contributed by atoms with van der Waals surface area (Å²) in [6.07, 6.45) is 4.75. The summed E-state index contributed by atoms with van der Waals surface area (Å²) in [5.74, 6) is -0.0469. The van der Waals surface area contributed by atoms with Gasteiger partial charge in [0, 0.05) is 34.1 Å². The third-order valence-corrected chi connectivity index (χ3v) is 4.64. The van der Waals surface area contributed by atoms with E-state index in [4.69, 9.17) is 0 Å². The minimum absolute atomic E-state index is 0.0552. The van der Waals surface area contributed by atoms with Gasteiger partial charge in [-0.05, 0) is 38.0 Å². The first-order chi connectivity index (χ1) is 12.1. The molecule has 0 aromatic heterocycles. The molecule has 0 unspecified atom stereocenters. The Balaban J connectivity index is 2.03. The lowest BCUT2D eigenvalue weighted by Crippen LogP contribution is -2.27. The molecule has 0 aliphatic carbocycles. The van der Waals surface area contributed by atoms with Crippen molar-refractivity contribution in [2.45, 2.75) is 40.0 Å². The van der Waals surface area contributed by atoms with Gasteiger partial charge in [-0.1, -0.05) is 38.5 Å². The summed E-state index contributed by atoms with van der Waals surface area (Å²) in [5.41, 5.74) is 3.12. The van der Waals surface area contributed by atoms with Crippen molar-refractivity contribution in [2.24, 2.45) is 0 Å². The lowest BCUT2D eigenvalue weighted by Gasteiger charge is -2.17. The third-order valence-electron chi connectivity index (χ3n) is 4.64. The van der Waals surface area contributed by atoms with Crippen LogP contribution in [0, 0.1) is 0 Å². The number of hydrogen-bond acceptors (Lipinski definition) is 2. The maximum Gasteiger partial charge on any atom is 0.258 e. The van der Waals surface area contributed by atoms with Crippen LogP contribution in [0.2, 0.25) is 0 Å². The van der Waals surface area contributed by atoms with Crippen molar-refractivity contribution in [3.63, 3.8) is 0 Å². The second-order valence-corrected chi connectivity index (χ2v) is 6.42. The largest absolute Gasteiger partial charge is 0.322 e. The van der Waals surface area contributed by atoms with Gasteiger partial charge >= 0.3 is 0 Å². The van der Waals surface area contributed by atoms with Gasteiger partial charge < -0.3 is 10.2 Å². The highest BCUT2D eigenvalue weighted by Crippen LogP contribution is 2.40. The number of carbonyl (C=O) groups is 2. The molecule has 4 heteroatoms. The van der Waals surface area contributed by atoms with Crippen LogP contribution in [0.15, 0.2) is 42.0 Å². The van der Waals surface area contributed by atoms with E-state index in [1.54, 1.807) is 0 Å². The molecule has 2 aromatic rings. The average Bonchev–Trinajstić information content (AvgIpc) is 2.89. The van der Waals surface area contributed by atoms with Gasteiger partial charge in [-0.15, -0.1) is 0 Å². The highest BCUT2D eigenvalue weighted by atomic mass is 16.2. The van der Waals surface area contributed by atoms with E-state index in [9.17, 15) is 9.59 Å². The number of nitrogens with one attached hydrogen (secondary N) is 1. The van der Waals surface area contributed by atoms with E-state index in [0.29, 0.717) is 5.57 Å². The number of nitrogens with zero attached hydrogens (tertiary/aromatic N) is 1. The molecule has 2 amide bonds. The molecule has 3 rings (SSSR count). The fourth-order valence-corrected chi connectivity index (χ4v) is 3.31. The van der Waals surface area contributed by atoms with Gasteiger partial charge in [-0.2, -0.15) is 0 Å². The summed E-state index contributed by atoms with van der Waals surface area (Å²) >= 11 is 0. The van der Waals surface area contributed by atoms with E-state index in [1.807, 2.05) is 55.2 Å². The van der Waals surface area contributed by atoms with E-state index in [1.165, 1.54) is 0 Å². The molecule has 2 aromatic carbocycles. The van der Waals surface area contributed by atoms with Crippen LogP contribution in [-0.4, -0.2) is 18.4 Å². The van der Waals surface area contributed by atoms with E-state index in [2.05, 4.69) is 12.2 Å². The summed E-state index contributed by atoms with van der Waals surface area (Å²) < 4.78 is 0. The molecule has 1 aliphatic rings. The number of allylic oxidation sites excluding steroid dienone is 1. The maximum atomic E-state index is 12.7. The number of benzene rings is 2. The first-order valence-corrected chi connectivity index (χ1v) is 8.94. The van der Waals surface area contributed by atoms with Crippen LogP contribution >= 0.6 is 0 Å². The minimum atomic E-state index is -0.102. The van der Waals surface area contributed by atoms with E-state index < -0.39 is 0 Å². The molecule has 1 aliphatic heterocycles. The molecule has 130 valence electrons. The molecule has 0 radical (unpaired) electrons. The van der Waals surface area contributed by atoms with Crippen molar-refractivity contribution < 1.29 is 9.59 Å². The number of unbranched alkanes of at least 4 members (excludes halogenated alkanes) is 1. The molecule has 4 nitrogen and oxygen atoms in total. The van der Waals surface area contributed by atoms with Crippen molar-refractivity contribution >= 4 is 34.0 Å². The molecule has 0 bridgehead atoms. The van der Waals surface area contributed by atoms with E-state index >= 15 is 0 Å². The fourth-order valence-electron chi connectivity index (χ4n) is 3.31. The normalized spacial score (nSPS) is 13.6. The fraction of sp³-hybridized carbons (Fsp3) is 0.333. The van der Waals surface area contributed by atoms with E-state index in [0.717, 1.165) is 53.5 Å². The number of rotatable bonds is 6. The molecule has 0 saturated carbocycles. The van der Waals surface area contributed by atoms with Gasteiger partial charge in [-0.25, -0.2) is 0 Å². The predicted octanol–water partition coefficient (Wildman–Crippen LogP) is 4.89. The van der Waals surface area contributed by atoms with Gasteiger partial charge in [0.05, 0.1) is 5.69 Å². The minimum Gasteiger partial charge on any atom is -0.322 e. The van der Waals surface area contributed by atoms with Crippen LogP contribution in [0.5, 0.6) is 0 Å². The molecular weight excluding hydrogens is 312 g/mol. The maximum absolute atomic E-state index is 12.7. The Labute approximate surface area is 148 Å². The SMILES string of the molecule is CC/C=C(\C)C(=O)Nc1ccc2c3c(cccc13)C(=O)N2CCCC. The summed E-state index contributed by atoms with van der Waals surface area (Å²) in [7, 11) is 0. The van der Waals surface area contributed by atoms with Crippen molar-refractivity contribution in [3.05, 3.63) is 47.5 Å². The van der Waals surface area contributed by atoms with Crippen molar-refractivity contribution in [1.82, 2.24) is 0 Å². The van der Waals surface area contributed by atoms with Crippen molar-refractivity contribution in [1.29, 1.82) is 0 Å². The van der Waals surface area contributed by atoms with Crippen LogP contribution in [0.1, 0.15) is 50.4 Å². The Bertz CT molecular complexity index is 868. The second kappa shape index (κ2) is 7.09. The summed E-state index contributed by atoms with van der Waals surface area (Å²) in [4.78, 5) is 26.9. The van der Waals surface area contributed by atoms with Crippen molar-refractivity contribution in [3.8, 4) is 0 Å². The first-order valence-electron chi connectivity index (χ1n) is 8.94. The Morgan fingerprint density at radius 1 is 1.20 bits per heavy atom. The smallest absolute Gasteiger partial charge is 0.258 e. The quantitative estimate of drug-likeness (QED) is 0.763. The Morgan fingerprint density at radius 3 is 2.72 bits per heavy atom. The van der Waals surface area contributed by atoms with Gasteiger partial charge in [-0.3, -0.25) is 9.59 Å². The van der Waals surface area contributed by atoms with Gasteiger partial charge in [0.1, 0.15) is 0 Å². The lowest BCUT2D eigenvalue weighted by atomic mass is 10.0. The van der Waals surface area contributed by atoms with Gasteiger partial charge in [0.2, 0.25) is 0 Å². The van der Waals surface area contributed by atoms with Crippen molar-refractivity contribution in [2.75, 3.05) is 16.8 Å². The van der Waals surface area contributed by atoms with Gasteiger partial charge in [0.15, 0.2) is 0 Å². The van der Waals surface area contributed by atoms with Crippen LogP contribution < -0.4 is 10.2 Å². The molecular formula is C21H24N2O2. The molecule has 0 atom stereocenters. The zero-order valence-corrected chi connectivity index (χ0v) is 15.1. The molecule has 1 N–H and O–H groups in total. The topological polar surface area (TPSA) is 49.4 Å². The molecule has 0 fully saturated rings. The highest BCUT2D eigenvalue weighted by Gasteiger charge is 2.30. The van der Waals surface area contributed by atoms with E-state index in [-0.39, 0.29) is 11.8 Å². The molecule has 0 spiro atoms. The number of hydrogen-bond donors (Lipinski definition) is 1. The van der Waals surface area contributed by atoms with Crippen LogP contribution in [0.3, 0.4) is 0 Å². The molecule has 0 saturated heterocycles.